The molecular formula is C13H19ClN2S. The number of nitrogens with one attached hydrogen (secondary N) is 1. The Balaban J connectivity index is 2.74. The predicted molar refractivity (Wildman–Crippen MR) is 79.9 cm³/mol. The average molecular weight is 271 g/mol. The van der Waals surface area contributed by atoms with Gasteiger partial charge in [-0.1, -0.05) is 37.7 Å². The molecule has 0 saturated heterocycles. The van der Waals surface area contributed by atoms with Crippen molar-refractivity contribution in [3.8, 4) is 0 Å². The maximum Gasteiger partial charge on any atom is 0.105 e. The number of thiocarbonyl (C=S) groups is 1. The van der Waals surface area contributed by atoms with Crippen LogP contribution in [0.15, 0.2) is 18.2 Å². The number of benzene rings is 1. The molecule has 1 aromatic carbocycles. The lowest BCUT2D eigenvalue weighted by Gasteiger charge is -2.17. The first-order chi connectivity index (χ1) is 7.90. The van der Waals surface area contributed by atoms with E-state index in [0.29, 0.717) is 22.0 Å². The van der Waals surface area contributed by atoms with E-state index in [1.165, 1.54) is 0 Å². The van der Waals surface area contributed by atoms with E-state index in [1.54, 1.807) is 0 Å². The van der Waals surface area contributed by atoms with E-state index in [2.05, 4.69) is 26.1 Å². The van der Waals surface area contributed by atoms with E-state index in [9.17, 15) is 0 Å². The van der Waals surface area contributed by atoms with Gasteiger partial charge in [-0.2, -0.15) is 0 Å². The topological polar surface area (TPSA) is 38.0 Å². The molecule has 17 heavy (non-hydrogen) atoms. The molecule has 94 valence electrons. The minimum Gasteiger partial charge on any atom is -0.389 e. The summed E-state index contributed by atoms with van der Waals surface area (Å²) in [4.78, 5) is 0.330. The fraction of sp³-hybridized carbons (Fsp3) is 0.462. The second kappa shape index (κ2) is 6.22. The van der Waals surface area contributed by atoms with E-state index >= 15 is 0 Å². The molecule has 2 nitrogen and oxygen atoms in total. The molecule has 3 N–H and O–H groups in total. The van der Waals surface area contributed by atoms with Crippen LogP contribution in [0.2, 0.25) is 5.02 Å². The van der Waals surface area contributed by atoms with Crippen LogP contribution in [0.1, 0.15) is 32.8 Å². The summed E-state index contributed by atoms with van der Waals surface area (Å²) in [5.74, 6) is 0.670. The van der Waals surface area contributed by atoms with Gasteiger partial charge in [0.1, 0.15) is 4.99 Å². The summed E-state index contributed by atoms with van der Waals surface area (Å²) in [6.07, 6.45) is 1.12. The smallest absolute Gasteiger partial charge is 0.105 e. The van der Waals surface area contributed by atoms with Gasteiger partial charge in [-0.05, 0) is 37.5 Å². The van der Waals surface area contributed by atoms with Gasteiger partial charge < -0.3 is 11.1 Å². The van der Waals surface area contributed by atoms with Gasteiger partial charge in [0, 0.05) is 17.3 Å². The van der Waals surface area contributed by atoms with Crippen molar-refractivity contribution in [3.63, 3.8) is 0 Å². The van der Waals surface area contributed by atoms with Crippen molar-refractivity contribution in [1.29, 1.82) is 0 Å². The van der Waals surface area contributed by atoms with Crippen LogP contribution in [0, 0.1) is 5.92 Å². The predicted octanol–water partition coefficient (Wildman–Crippen LogP) is 3.82. The zero-order chi connectivity index (χ0) is 13.0. The first-order valence-corrected chi connectivity index (χ1v) is 6.54. The van der Waals surface area contributed by atoms with Gasteiger partial charge in [0.25, 0.3) is 0 Å². The van der Waals surface area contributed by atoms with E-state index < -0.39 is 0 Å². The standard InChI is InChI=1S/C13H19ClN2S/c1-8(2)6-9(3)16-10-4-5-11(13(15)17)12(14)7-10/h4-5,7-9,16H,6H2,1-3H3,(H2,15,17). The van der Waals surface area contributed by atoms with E-state index in [-0.39, 0.29) is 0 Å². The quantitative estimate of drug-likeness (QED) is 0.799. The number of rotatable bonds is 5. The van der Waals surface area contributed by atoms with Crippen molar-refractivity contribution in [3.05, 3.63) is 28.8 Å². The lowest BCUT2D eigenvalue weighted by atomic mass is 10.0. The molecule has 0 bridgehead atoms. The van der Waals surface area contributed by atoms with E-state index in [4.69, 9.17) is 29.6 Å². The highest BCUT2D eigenvalue weighted by molar-refractivity contribution is 7.80. The molecule has 1 unspecified atom stereocenters. The number of halogens is 1. The summed E-state index contributed by atoms with van der Waals surface area (Å²) in [6, 6.07) is 6.10. The lowest BCUT2D eigenvalue weighted by Crippen LogP contribution is -2.17. The Hall–Kier alpha value is -0.800. The summed E-state index contributed by atoms with van der Waals surface area (Å²) in [5, 5.41) is 4.01. The summed E-state index contributed by atoms with van der Waals surface area (Å²) in [6.45, 7) is 6.58. The second-order valence-corrected chi connectivity index (χ2v) is 5.58. The van der Waals surface area contributed by atoms with Crippen LogP contribution in [0.5, 0.6) is 0 Å². The molecule has 0 radical (unpaired) electrons. The number of hydrogen-bond donors (Lipinski definition) is 2. The normalized spacial score (nSPS) is 12.5. The maximum absolute atomic E-state index is 6.11. The highest BCUT2D eigenvalue weighted by Crippen LogP contribution is 2.22. The van der Waals surface area contributed by atoms with Crippen molar-refractivity contribution in [2.75, 3.05) is 5.32 Å². The third-order valence-electron chi connectivity index (χ3n) is 2.47. The van der Waals surface area contributed by atoms with Crippen LogP contribution < -0.4 is 11.1 Å². The van der Waals surface area contributed by atoms with Gasteiger partial charge in [-0.25, -0.2) is 0 Å². The van der Waals surface area contributed by atoms with Gasteiger partial charge in [-0.15, -0.1) is 0 Å². The van der Waals surface area contributed by atoms with Crippen LogP contribution in [0.25, 0.3) is 0 Å². The van der Waals surface area contributed by atoms with Crippen LogP contribution >= 0.6 is 23.8 Å². The Morgan fingerprint density at radius 1 is 1.41 bits per heavy atom. The zero-order valence-electron chi connectivity index (χ0n) is 10.5. The molecule has 1 aromatic rings. The Labute approximate surface area is 114 Å². The third kappa shape index (κ3) is 4.52. The van der Waals surface area contributed by atoms with Crippen molar-refractivity contribution in [2.45, 2.75) is 33.2 Å². The highest BCUT2D eigenvalue weighted by atomic mass is 35.5. The van der Waals surface area contributed by atoms with E-state index in [1.807, 2.05) is 18.2 Å². The number of hydrogen-bond acceptors (Lipinski definition) is 2. The molecule has 1 atom stereocenters. The highest BCUT2D eigenvalue weighted by Gasteiger charge is 2.07. The molecule has 0 aliphatic rings. The molecular weight excluding hydrogens is 252 g/mol. The first-order valence-electron chi connectivity index (χ1n) is 5.76. The molecule has 0 aliphatic carbocycles. The third-order valence-corrected chi connectivity index (χ3v) is 3.01. The molecule has 0 aliphatic heterocycles. The first kappa shape index (κ1) is 14.3. The minimum atomic E-state index is 0.330. The van der Waals surface area contributed by atoms with Gasteiger partial charge in [0.15, 0.2) is 0 Å². The van der Waals surface area contributed by atoms with Crippen LogP contribution in [0.3, 0.4) is 0 Å². The molecule has 0 fully saturated rings. The summed E-state index contributed by atoms with van der Waals surface area (Å²) < 4.78 is 0. The van der Waals surface area contributed by atoms with Crippen molar-refractivity contribution in [1.82, 2.24) is 0 Å². The largest absolute Gasteiger partial charge is 0.389 e. The summed E-state index contributed by atoms with van der Waals surface area (Å²) >= 11 is 11.0. The molecule has 0 aromatic heterocycles. The molecule has 0 amide bonds. The molecule has 0 saturated carbocycles. The molecule has 4 heteroatoms. The molecule has 0 heterocycles. The fourth-order valence-corrected chi connectivity index (χ4v) is 2.37. The molecule has 1 rings (SSSR count). The Morgan fingerprint density at radius 2 is 2.06 bits per heavy atom. The van der Waals surface area contributed by atoms with Crippen molar-refractivity contribution in [2.24, 2.45) is 11.7 Å². The zero-order valence-corrected chi connectivity index (χ0v) is 12.0. The summed E-state index contributed by atoms with van der Waals surface area (Å²) in [5.41, 5.74) is 7.29. The van der Waals surface area contributed by atoms with E-state index in [0.717, 1.165) is 17.7 Å². The minimum absolute atomic E-state index is 0.330. The second-order valence-electron chi connectivity index (χ2n) is 4.73. The number of nitrogens with two attached hydrogens (primary N) is 1. The van der Waals surface area contributed by atoms with Crippen molar-refractivity contribution < 1.29 is 0 Å². The van der Waals surface area contributed by atoms with Gasteiger partial charge in [0.05, 0.1) is 5.02 Å². The van der Waals surface area contributed by atoms with Gasteiger partial charge in [-0.3, -0.25) is 0 Å². The molecule has 0 spiro atoms. The van der Waals surface area contributed by atoms with Gasteiger partial charge in [0.2, 0.25) is 0 Å². The lowest BCUT2D eigenvalue weighted by molar-refractivity contribution is 0.540. The maximum atomic E-state index is 6.11. The van der Waals surface area contributed by atoms with Crippen molar-refractivity contribution >= 4 is 34.5 Å². The summed E-state index contributed by atoms with van der Waals surface area (Å²) in [7, 11) is 0. The van der Waals surface area contributed by atoms with Crippen LogP contribution in [0.4, 0.5) is 5.69 Å². The Kier molecular flexibility index (Phi) is 5.22. The SMILES string of the molecule is CC(C)CC(C)Nc1ccc(C(N)=S)c(Cl)c1. The monoisotopic (exact) mass is 270 g/mol. The Morgan fingerprint density at radius 3 is 2.53 bits per heavy atom. The number of anilines is 1. The Bertz CT molecular complexity index is 404. The van der Waals surface area contributed by atoms with Crippen LogP contribution in [-0.2, 0) is 0 Å². The van der Waals surface area contributed by atoms with Crippen LogP contribution in [-0.4, -0.2) is 11.0 Å². The fourth-order valence-electron chi connectivity index (χ4n) is 1.86. The average Bonchev–Trinajstić information content (AvgIpc) is 2.15. The van der Waals surface area contributed by atoms with Gasteiger partial charge >= 0.3 is 0 Å².